The average molecular weight is 570 g/mol. The Morgan fingerprint density at radius 2 is 1.78 bits per heavy atom. The number of amides is 3. The molecule has 8 nitrogen and oxygen atoms in total. The van der Waals surface area contributed by atoms with E-state index in [2.05, 4.69) is 10.6 Å². The third-order valence-corrected chi connectivity index (χ3v) is 7.10. The fourth-order valence-corrected chi connectivity index (χ4v) is 4.81. The van der Waals surface area contributed by atoms with Crippen LogP contribution in [0.15, 0.2) is 66.7 Å². The molecule has 41 heavy (non-hydrogen) atoms. The minimum atomic E-state index is -1.85. The van der Waals surface area contributed by atoms with Crippen LogP contribution in [0.25, 0.3) is 0 Å². The number of aliphatic hydroxyl groups is 1. The zero-order chi connectivity index (χ0) is 29.7. The largest absolute Gasteiger partial charge is 0.508 e. The van der Waals surface area contributed by atoms with Crippen molar-refractivity contribution >= 4 is 17.7 Å². The Labute approximate surface area is 234 Å². The normalized spacial score (nSPS) is 18.0. The summed E-state index contributed by atoms with van der Waals surface area (Å²) in [7, 11) is 0. The second-order valence-electron chi connectivity index (χ2n) is 9.96. The zero-order valence-electron chi connectivity index (χ0n) is 22.2. The van der Waals surface area contributed by atoms with Gasteiger partial charge >= 0.3 is 0 Å². The van der Waals surface area contributed by atoms with Crippen LogP contribution in [0.2, 0.25) is 0 Å². The minimum absolute atomic E-state index is 0.000311. The van der Waals surface area contributed by atoms with Gasteiger partial charge in [-0.25, -0.2) is 13.2 Å². The summed E-state index contributed by atoms with van der Waals surface area (Å²) < 4.78 is 41.7. The number of nitrogens with zero attached hydrogens (tertiary/aromatic N) is 1. The van der Waals surface area contributed by atoms with Crippen molar-refractivity contribution < 1.29 is 37.8 Å². The second kappa shape index (κ2) is 12.9. The van der Waals surface area contributed by atoms with E-state index in [1.165, 1.54) is 18.2 Å². The van der Waals surface area contributed by atoms with Crippen molar-refractivity contribution in [2.24, 2.45) is 0 Å². The summed E-state index contributed by atoms with van der Waals surface area (Å²) in [5.41, 5.74) is 1.13. The lowest BCUT2D eigenvalue weighted by Crippen LogP contribution is -2.55. The summed E-state index contributed by atoms with van der Waals surface area (Å²) in [6.45, 7) is 0.764. The number of carbonyl (C=O) groups excluding carboxylic acids is 3. The number of phenolic OH excluding ortho intramolecular Hbond substituents is 1. The van der Waals surface area contributed by atoms with Crippen molar-refractivity contribution in [3.05, 3.63) is 101 Å². The number of alkyl halides is 1. The highest BCUT2D eigenvalue weighted by atomic mass is 19.1. The van der Waals surface area contributed by atoms with Gasteiger partial charge in [0, 0.05) is 35.7 Å². The van der Waals surface area contributed by atoms with Gasteiger partial charge in [0.2, 0.25) is 5.91 Å². The van der Waals surface area contributed by atoms with Gasteiger partial charge in [-0.2, -0.15) is 0 Å². The first-order valence-electron chi connectivity index (χ1n) is 13.0. The molecule has 3 aromatic rings. The maximum atomic E-state index is 14.5. The minimum Gasteiger partial charge on any atom is -0.508 e. The van der Waals surface area contributed by atoms with E-state index in [1.54, 1.807) is 37.3 Å². The zero-order valence-corrected chi connectivity index (χ0v) is 22.2. The van der Waals surface area contributed by atoms with Crippen LogP contribution in [0.1, 0.15) is 33.5 Å². The van der Waals surface area contributed by atoms with E-state index in [0.29, 0.717) is 17.2 Å². The van der Waals surface area contributed by atoms with Gasteiger partial charge in [-0.05, 0) is 37.1 Å². The Balaban J connectivity index is 1.52. The van der Waals surface area contributed by atoms with Gasteiger partial charge in [0.1, 0.15) is 29.6 Å². The Bertz CT molecular complexity index is 1420. The molecule has 0 saturated carbocycles. The van der Waals surface area contributed by atoms with E-state index in [9.17, 15) is 37.8 Å². The number of carbonyl (C=O) groups is 3. The summed E-state index contributed by atoms with van der Waals surface area (Å²) in [6, 6.07) is 13.5. The van der Waals surface area contributed by atoms with E-state index >= 15 is 0 Å². The molecule has 216 valence electrons. The fraction of sp³-hybridized carbons (Fsp3) is 0.300. The molecule has 4 N–H and O–H groups in total. The van der Waals surface area contributed by atoms with Gasteiger partial charge < -0.3 is 25.7 Å². The van der Waals surface area contributed by atoms with Gasteiger partial charge in [0.05, 0.1) is 12.6 Å². The molecule has 3 amide bonds. The number of benzene rings is 3. The van der Waals surface area contributed by atoms with Gasteiger partial charge in [0.15, 0.2) is 6.10 Å². The van der Waals surface area contributed by atoms with Crippen molar-refractivity contribution in [1.82, 2.24) is 15.5 Å². The molecule has 11 heteroatoms. The standard InChI is InChI=1S/C30H30F3N3O5/c1-17-22(8-5-9-26(17)37)28(39)35-24(12-18-6-3-2-4-7-18)27(38)30(41)36-16-21(32)14-25(36)29(40)34-15-19-10-11-20(31)13-23(19)33/h2-11,13,21,24-25,27,37-38H,12,14-16H2,1H3,(H,34,40)(H,35,39)/t21-,24+,25+,27+/m1/s1. The van der Waals surface area contributed by atoms with Crippen molar-refractivity contribution in [2.75, 3.05) is 6.54 Å². The second-order valence-corrected chi connectivity index (χ2v) is 9.96. The molecule has 4 rings (SSSR count). The molecule has 1 saturated heterocycles. The Hall–Kier alpha value is -4.38. The van der Waals surface area contributed by atoms with E-state index in [1.807, 2.05) is 0 Å². The highest BCUT2D eigenvalue weighted by molar-refractivity contribution is 5.97. The first-order chi connectivity index (χ1) is 19.5. The molecule has 0 radical (unpaired) electrons. The highest BCUT2D eigenvalue weighted by Crippen LogP contribution is 2.24. The van der Waals surface area contributed by atoms with Crippen molar-refractivity contribution in [3.63, 3.8) is 0 Å². The van der Waals surface area contributed by atoms with E-state index in [0.717, 1.165) is 17.0 Å². The Morgan fingerprint density at radius 1 is 1.05 bits per heavy atom. The van der Waals surface area contributed by atoms with Crippen LogP contribution >= 0.6 is 0 Å². The topological polar surface area (TPSA) is 119 Å². The number of halogens is 3. The number of nitrogens with one attached hydrogen (secondary N) is 2. The van der Waals surface area contributed by atoms with E-state index in [4.69, 9.17) is 0 Å². The van der Waals surface area contributed by atoms with Crippen LogP contribution in [-0.2, 0) is 22.6 Å². The molecule has 4 atom stereocenters. The predicted molar refractivity (Wildman–Crippen MR) is 143 cm³/mol. The highest BCUT2D eigenvalue weighted by Gasteiger charge is 2.43. The smallest absolute Gasteiger partial charge is 0.254 e. The van der Waals surface area contributed by atoms with Crippen molar-refractivity contribution in [1.29, 1.82) is 0 Å². The van der Waals surface area contributed by atoms with E-state index in [-0.39, 0.29) is 36.3 Å². The lowest BCUT2D eigenvalue weighted by molar-refractivity contribution is -0.146. The third kappa shape index (κ3) is 7.04. The summed E-state index contributed by atoms with van der Waals surface area (Å²) in [6.07, 6.45) is -3.72. The summed E-state index contributed by atoms with van der Waals surface area (Å²) in [5, 5.41) is 26.3. The molecule has 1 heterocycles. The third-order valence-electron chi connectivity index (χ3n) is 7.10. The molecule has 0 unspecified atom stereocenters. The summed E-state index contributed by atoms with van der Waals surface area (Å²) >= 11 is 0. The molecule has 0 bridgehead atoms. The van der Waals surface area contributed by atoms with E-state index < -0.39 is 60.3 Å². The van der Waals surface area contributed by atoms with Crippen LogP contribution in [-0.4, -0.2) is 63.7 Å². The predicted octanol–water partition coefficient (Wildman–Crippen LogP) is 2.94. The molecule has 1 aliphatic rings. The number of aromatic hydroxyl groups is 1. The van der Waals surface area contributed by atoms with Crippen LogP contribution in [0.5, 0.6) is 5.75 Å². The number of rotatable bonds is 9. The maximum absolute atomic E-state index is 14.5. The molecule has 1 fully saturated rings. The van der Waals surface area contributed by atoms with Gasteiger partial charge in [-0.1, -0.05) is 42.5 Å². The quantitative estimate of drug-likeness (QED) is 0.316. The van der Waals surface area contributed by atoms with Gasteiger partial charge in [-0.15, -0.1) is 0 Å². The monoisotopic (exact) mass is 569 g/mol. The molecule has 0 aliphatic carbocycles. The number of likely N-dealkylation sites (tertiary alicyclic amines) is 1. The summed E-state index contributed by atoms with van der Waals surface area (Å²) in [4.78, 5) is 40.4. The van der Waals surface area contributed by atoms with Gasteiger partial charge in [-0.3, -0.25) is 14.4 Å². The fourth-order valence-electron chi connectivity index (χ4n) is 4.81. The van der Waals surface area contributed by atoms with Crippen LogP contribution in [0.4, 0.5) is 13.2 Å². The lowest BCUT2D eigenvalue weighted by atomic mass is 9.98. The number of aliphatic hydroxyl groups excluding tert-OH is 1. The molecule has 3 aromatic carbocycles. The Kier molecular flexibility index (Phi) is 9.28. The first kappa shape index (κ1) is 29.6. The molecule has 1 aliphatic heterocycles. The molecule has 0 spiro atoms. The number of phenols is 1. The van der Waals surface area contributed by atoms with Crippen molar-refractivity contribution in [2.45, 2.75) is 50.7 Å². The van der Waals surface area contributed by atoms with Gasteiger partial charge in [0.25, 0.3) is 11.8 Å². The number of hydrogen-bond acceptors (Lipinski definition) is 5. The van der Waals surface area contributed by atoms with Crippen molar-refractivity contribution in [3.8, 4) is 5.75 Å². The first-order valence-corrected chi connectivity index (χ1v) is 13.0. The van der Waals surface area contributed by atoms with Crippen LogP contribution in [0, 0.1) is 18.6 Å². The lowest BCUT2D eigenvalue weighted by Gasteiger charge is -2.30. The SMILES string of the molecule is Cc1c(O)cccc1C(=O)N[C@@H](Cc1ccccc1)[C@H](O)C(=O)N1C[C@H](F)C[C@H]1C(=O)NCc1ccc(F)cc1F. The number of hydrogen-bond donors (Lipinski definition) is 4. The van der Waals surface area contributed by atoms with Crippen LogP contribution in [0.3, 0.4) is 0 Å². The average Bonchev–Trinajstić information content (AvgIpc) is 3.35. The maximum Gasteiger partial charge on any atom is 0.254 e. The molecular weight excluding hydrogens is 539 g/mol. The Morgan fingerprint density at radius 3 is 2.49 bits per heavy atom. The molecule has 0 aromatic heterocycles. The van der Waals surface area contributed by atoms with Crippen LogP contribution < -0.4 is 10.6 Å². The molecular formula is C30H30F3N3O5. The summed E-state index contributed by atoms with van der Waals surface area (Å²) in [5.74, 6) is -4.14.